The van der Waals surface area contributed by atoms with E-state index in [4.69, 9.17) is 99.5 Å². The topological polar surface area (TPSA) is 816 Å². The van der Waals surface area contributed by atoms with E-state index in [-0.39, 0.29) is 0 Å². The van der Waals surface area contributed by atoms with Gasteiger partial charge in [0.05, 0.1) is 66.1 Å². The molecule has 54 nitrogen and oxygen atoms in total. The fraction of sp³-hybridized carbons (Fsp3) is 0.942. The van der Waals surface area contributed by atoms with Crippen molar-refractivity contribution in [2.75, 3.05) is 80.3 Å². The molecule has 29 N–H and O–H groups in total. The molecular weight excluding hydrogens is 1680 g/mol. The standard InChI is InChI=1S/C69H116N4O50/c1-17(81)70-31-42(93)51(26(11-78)108-60(31)102)117-61-32(71-18(2)82)44(95)53(28(13-80)113-61)119-69-59(123-65-47(98)35(86)21(85)14-105-65)57(41(92)30(116-69)16-106-64-48(99)45(96)36(87)22(7-74)109-64)121-68-58(46(97)37(88)23(8-75)112-68)122-62-33(72-19(3)83)43(94)52(27(12-79)114-62)118-63-34(73-20(4)84)54(120-67-50(101)56(104-6)39(90)25(10-77)111-67)40(91)29(115-63)15-107-66-49(100)55(103-5)38(89)24(9-76)110-66/h21-69,74-80,85-102H,7-16H2,1-6H3,(H,70,81)(H,71,82)(H,72,83)(H,73,84)/t21-,22-,23-,24-,25-,26-,27-,28-,29-,30-,31-,32-,33-,34-,35+,36-,37-,38+,39+,40+,41-,42-,43-,44-,45+,46+,47-,48+,49-,50-,51-,52-,53-,54-,55+,56+,57+,58+,59+,60?,61+,62+,63+,64+,65+,66-,67+,68-,69+/m1/s1. The number of amides is 4. The second-order valence-electron chi connectivity index (χ2n) is 31.0. The number of hydrogen-bond acceptors (Lipinski definition) is 50. The molecule has 10 saturated heterocycles. The number of rotatable bonds is 33. The molecular formula is C69H116N4O50. The Labute approximate surface area is 698 Å². The summed E-state index contributed by atoms with van der Waals surface area (Å²) < 4.78 is 126. The zero-order valence-electron chi connectivity index (χ0n) is 66.7. The van der Waals surface area contributed by atoms with Crippen molar-refractivity contribution in [2.24, 2.45) is 0 Å². The molecule has 712 valence electrons. The minimum atomic E-state index is -2.52. The number of aliphatic hydroxyl groups excluding tert-OH is 25. The van der Waals surface area contributed by atoms with E-state index in [0.717, 1.165) is 41.9 Å². The van der Waals surface area contributed by atoms with Crippen molar-refractivity contribution in [1.29, 1.82) is 0 Å². The van der Waals surface area contributed by atoms with Gasteiger partial charge in [-0.1, -0.05) is 0 Å². The lowest BCUT2D eigenvalue weighted by Crippen LogP contribution is -2.72. The van der Waals surface area contributed by atoms with Gasteiger partial charge in [0.1, 0.15) is 238 Å². The van der Waals surface area contributed by atoms with Gasteiger partial charge in [-0.25, -0.2) is 0 Å². The highest BCUT2D eigenvalue weighted by Crippen LogP contribution is 2.42. The van der Waals surface area contributed by atoms with Crippen LogP contribution in [0.15, 0.2) is 0 Å². The third-order valence-corrected chi connectivity index (χ3v) is 22.6. The van der Waals surface area contributed by atoms with Crippen LogP contribution in [0.1, 0.15) is 27.7 Å². The van der Waals surface area contributed by atoms with Crippen molar-refractivity contribution in [3.05, 3.63) is 0 Å². The van der Waals surface area contributed by atoms with Crippen LogP contribution >= 0.6 is 0 Å². The lowest BCUT2D eigenvalue weighted by molar-refractivity contribution is -0.411. The third kappa shape index (κ3) is 22.6. The summed E-state index contributed by atoms with van der Waals surface area (Å²) >= 11 is 0. The lowest BCUT2D eigenvalue weighted by Gasteiger charge is -2.52. The van der Waals surface area contributed by atoms with E-state index in [1.54, 1.807) is 0 Å². The van der Waals surface area contributed by atoms with Crippen LogP contribution in [-0.4, -0.2) is 532 Å². The van der Waals surface area contributed by atoms with Crippen molar-refractivity contribution in [3.8, 4) is 0 Å². The van der Waals surface area contributed by atoms with Crippen molar-refractivity contribution >= 4 is 23.6 Å². The maximum Gasteiger partial charge on any atom is 0.217 e. The predicted octanol–water partition coefficient (Wildman–Crippen LogP) is -20.3. The molecule has 10 fully saturated rings. The smallest absolute Gasteiger partial charge is 0.217 e. The largest absolute Gasteiger partial charge is 0.394 e. The predicted molar refractivity (Wildman–Crippen MR) is 380 cm³/mol. The fourth-order valence-corrected chi connectivity index (χ4v) is 16.1. The van der Waals surface area contributed by atoms with E-state index in [1.807, 2.05) is 0 Å². The maximum atomic E-state index is 13.5. The summed E-state index contributed by atoms with van der Waals surface area (Å²) in [6.07, 6.45) is -92.5. The number of hydrogen-bond donors (Lipinski definition) is 29. The first-order chi connectivity index (χ1) is 58.3. The summed E-state index contributed by atoms with van der Waals surface area (Å²) in [4.78, 5) is 52.2. The number of methoxy groups -OCH3 is 2. The Kier molecular flexibility index (Phi) is 36.8. The molecule has 0 saturated carbocycles. The number of carbonyl (C=O) groups excluding carboxylic acids is 4. The molecule has 0 bridgehead atoms. The van der Waals surface area contributed by atoms with E-state index < -0.39 is 390 Å². The van der Waals surface area contributed by atoms with Gasteiger partial charge in [-0.05, 0) is 0 Å². The monoisotopic (exact) mass is 1800 g/mol. The first-order valence-corrected chi connectivity index (χ1v) is 39.3. The Morgan fingerprint density at radius 3 is 1.04 bits per heavy atom. The zero-order valence-corrected chi connectivity index (χ0v) is 66.7. The van der Waals surface area contributed by atoms with Crippen molar-refractivity contribution in [2.45, 2.75) is 328 Å². The first-order valence-electron chi connectivity index (χ1n) is 39.3. The summed E-state index contributed by atoms with van der Waals surface area (Å²) in [5, 5.41) is 291. The normalized spacial score (nSPS) is 48.8. The molecule has 10 aliphatic heterocycles. The zero-order chi connectivity index (χ0) is 90.3. The van der Waals surface area contributed by atoms with Gasteiger partial charge in [-0.15, -0.1) is 0 Å². The van der Waals surface area contributed by atoms with Gasteiger partial charge in [-0.2, -0.15) is 0 Å². The molecule has 0 radical (unpaired) electrons. The van der Waals surface area contributed by atoms with Crippen LogP contribution in [0.5, 0.6) is 0 Å². The van der Waals surface area contributed by atoms with E-state index in [1.165, 1.54) is 0 Å². The van der Waals surface area contributed by atoms with Gasteiger partial charge in [0.15, 0.2) is 62.9 Å². The van der Waals surface area contributed by atoms with Crippen molar-refractivity contribution in [3.63, 3.8) is 0 Å². The number of ether oxygens (including phenoxy) is 21. The molecule has 123 heavy (non-hydrogen) atoms. The Hall–Kier alpha value is -3.96. The van der Waals surface area contributed by atoms with Crippen LogP contribution in [0.4, 0.5) is 0 Å². The van der Waals surface area contributed by atoms with E-state index >= 15 is 0 Å². The Morgan fingerprint density at radius 2 is 0.569 bits per heavy atom. The number of carbonyl (C=O) groups is 4. The number of nitrogens with one attached hydrogen (secondary N) is 4. The van der Waals surface area contributed by atoms with Crippen LogP contribution in [0, 0.1) is 0 Å². The molecule has 0 aromatic heterocycles. The molecule has 0 aliphatic carbocycles. The highest BCUT2D eigenvalue weighted by atomic mass is 16.8. The molecule has 0 spiro atoms. The SMILES string of the molecule is CO[C@H]1[C@@H](O)[C@@H](CO)O[C@@H](OC[C@H]2O[C@@H](O[C@H]3[C@H](O)[C@@H](NC(C)=O)[C@H](O[C@@H]4[C@@H](O[C@H]5[C@H](O)[C@@H](CO[C@H]6O[C@H](CO)[C@@H](O)[C@H](O)[C@@H]6O)O[C@@H](O[C@H]6[C@H](O)[C@@H](NC(C)=O)[C@H](O[C@H]7[C@H](O)[C@@H](NC(C)=O)C(O)O[C@@H]7CO)O[C@@H]6CO)[C@H]5O[C@@H]5OC[C@@H](O)[C@H](O)[C@H]5O)O[C@H](CO)[C@@H](O)[C@@H]4O)O[C@@H]3CO)[C@H](NC(C)=O)[C@@H](O[C@@H]3O[C@H](CO)[C@H](O)[C@H](OC)[C@H]3O)[C@H]2O)[C@@H]1O. The van der Waals surface area contributed by atoms with Crippen LogP contribution in [0.3, 0.4) is 0 Å². The summed E-state index contributed by atoms with van der Waals surface area (Å²) in [5.41, 5.74) is 0. The fourth-order valence-electron chi connectivity index (χ4n) is 16.1. The molecule has 54 heteroatoms. The van der Waals surface area contributed by atoms with Crippen molar-refractivity contribution in [1.82, 2.24) is 21.3 Å². The van der Waals surface area contributed by atoms with Gasteiger partial charge in [0, 0.05) is 41.9 Å². The minimum Gasteiger partial charge on any atom is -0.394 e. The summed E-state index contributed by atoms with van der Waals surface area (Å²) in [6, 6.07) is -7.68. The van der Waals surface area contributed by atoms with Crippen LogP contribution in [0.2, 0.25) is 0 Å². The average Bonchev–Trinajstić information content (AvgIpc) is 0.759. The Morgan fingerprint density at radius 1 is 0.260 bits per heavy atom. The molecule has 1 unspecified atom stereocenters. The summed E-state index contributed by atoms with van der Waals surface area (Å²) in [7, 11) is 2.18. The summed E-state index contributed by atoms with van der Waals surface area (Å²) in [5.74, 6) is -3.74. The van der Waals surface area contributed by atoms with Gasteiger partial charge in [-0.3, -0.25) is 19.2 Å². The highest BCUT2D eigenvalue weighted by molar-refractivity contribution is 5.74. The van der Waals surface area contributed by atoms with Gasteiger partial charge in [0.25, 0.3) is 0 Å². The first kappa shape index (κ1) is 101. The van der Waals surface area contributed by atoms with Crippen LogP contribution in [-0.2, 0) is 119 Å². The van der Waals surface area contributed by atoms with Crippen LogP contribution < -0.4 is 21.3 Å². The molecule has 10 rings (SSSR count). The average molecular weight is 1800 g/mol. The molecule has 0 aromatic rings. The van der Waals surface area contributed by atoms with Crippen molar-refractivity contribution < 1.29 is 246 Å². The summed E-state index contributed by atoms with van der Waals surface area (Å²) in [6.45, 7) is -6.66. The molecule has 10 heterocycles. The van der Waals surface area contributed by atoms with Gasteiger partial charge in [0.2, 0.25) is 23.6 Å². The molecule has 10 aliphatic rings. The molecule has 0 aromatic carbocycles. The van der Waals surface area contributed by atoms with E-state index in [0.29, 0.717) is 0 Å². The second kappa shape index (κ2) is 44.8. The second-order valence-corrected chi connectivity index (χ2v) is 31.0. The molecule has 49 atom stereocenters. The minimum absolute atomic E-state index is 0.797. The lowest BCUT2D eigenvalue weighted by atomic mass is 9.93. The van der Waals surface area contributed by atoms with Gasteiger partial charge < -0.3 is 248 Å². The quantitative estimate of drug-likeness (QED) is 0.0290. The molecule has 4 amide bonds. The third-order valence-electron chi connectivity index (χ3n) is 22.6. The van der Waals surface area contributed by atoms with E-state index in [2.05, 4.69) is 21.3 Å². The Balaban J connectivity index is 1.01. The maximum absolute atomic E-state index is 13.5. The van der Waals surface area contributed by atoms with E-state index in [9.17, 15) is 147 Å². The van der Waals surface area contributed by atoms with Gasteiger partial charge >= 0.3 is 0 Å². The number of aliphatic hydroxyl groups is 25. The van der Waals surface area contributed by atoms with Crippen LogP contribution in [0.25, 0.3) is 0 Å². The Bertz CT molecular complexity index is 3290. The highest BCUT2D eigenvalue weighted by Gasteiger charge is 2.62.